The fourth-order valence-corrected chi connectivity index (χ4v) is 1.33. The van der Waals surface area contributed by atoms with Crippen LogP contribution >= 0.6 is 0 Å². The quantitative estimate of drug-likeness (QED) is 0.625. The molecule has 1 atom stereocenters. The van der Waals surface area contributed by atoms with Gasteiger partial charge in [0.25, 0.3) is 0 Å². The Bertz CT molecular complexity index is 217. The Labute approximate surface area is 65.1 Å². The van der Waals surface area contributed by atoms with Gasteiger partial charge in [0.1, 0.15) is 18.5 Å². The molecule has 0 saturated carbocycles. The zero-order chi connectivity index (χ0) is 7.52. The molecule has 0 radical (unpaired) electrons. The van der Waals surface area contributed by atoms with Gasteiger partial charge in [-0.1, -0.05) is 0 Å². The van der Waals surface area contributed by atoms with E-state index in [0.717, 1.165) is 18.8 Å². The van der Waals surface area contributed by atoms with Crippen molar-refractivity contribution in [1.29, 1.82) is 0 Å². The molecule has 1 fully saturated rings. The van der Waals surface area contributed by atoms with Gasteiger partial charge in [-0.05, 0) is 19.4 Å². The second-order valence-corrected chi connectivity index (χ2v) is 2.65. The minimum atomic E-state index is 0.359. The van der Waals surface area contributed by atoms with E-state index in [9.17, 15) is 0 Å². The molecule has 4 nitrogen and oxygen atoms in total. The summed E-state index contributed by atoms with van der Waals surface area (Å²) in [4.78, 5) is 11.9. The van der Waals surface area contributed by atoms with Crippen molar-refractivity contribution in [3.05, 3.63) is 18.5 Å². The zero-order valence-electron chi connectivity index (χ0n) is 6.20. The van der Waals surface area contributed by atoms with E-state index in [4.69, 9.17) is 0 Å². The topological polar surface area (TPSA) is 50.7 Å². The maximum absolute atomic E-state index is 4.08. The van der Waals surface area contributed by atoms with Gasteiger partial charge in [0, 0.05) is 0 Å². The van der Waals surface area contributed by atoms with Crippen molar-refractivity contribution < 1.29 is 0 Å². The molecule has 1 aromatic rings. The summed E-state index contributed by atoms with van der Waals surface area (Å²) < 4.78 is 0. The summed E-state index contributed by atoms with van der Waals surface area (Å²) in [7, 11) is 0. The summed E-state index contributed by atoms with van der Waals surface area (Å²) >= 11 is 0. The lowest BCUT2D eigenvalue weighted by molar-refractivity contribution is 0.600. The van der Waals surface area contributed by atoms with Crippen LogP contribution in [0.4, 0.5) is 0 Å². The third kappa shape index (κ3) is 1.35. The zero-order valence-corrected chi connectivity index (χ0v) is 6.20. The molecule has 1 saturated heterocycles. The van der Waals surface area contributed by atoms with Crippen LogP contribution in [0.3, 0.4) is 0 Å². The van der Waals surface area contributed by atoms with Crippen LogP contribution in [0.5, 0.6) is 0 Å². The van der Waals surface area contributed by atoms with E-state index in [0.29, 0.717) is 6.04 Å². The minimum absolute atomic E-state index is 0.359. The van der Waals surface area contributed by atoms with Gasteiger partial charge in [0.15, 0.2) is 0 Å². The fraction of sp³-hybridized carbons (Fsp3) is 0.571. The Morgan fingerprint density at radius 2 is 2.18 bits per heavy atom. The average Bonchev–Trinajstić information content (AvgIpc) is 2.58. The molecule has 1 aromatic heterocycles. The molecule has 0 amide bonds. The summed E-state index contributed by atoms with van der Waals surface area (Å²) in [6.45, 7) is 1.08. The van der Waals surface area contributed by atoms with Crippen molar-refractivity contribution in [2.75, 3.05) is 6.54 Å². The van der Waals surface area contributed by atoms with Crippen molar-refractivity contribution in [1.82, 2.24) is 20.3 Å². The molecule has 2 rings (SSSR count). The smallest absolute Gasteiger partial charge is 0.148 e. The second-order valence-electron chi connectivity index (χ2n) is 2.65. The molecule has 1 N–H and O–H groups in total. The highest BCUT2D eigenvalue weighted by Gasteiger charge is 2.17. The first-order valence-electron chi connectivity index (χ1n) is 3.82. The third-order valence-electron chi connectivity index (χ3n) is 1.89. The SMILES string of the molecule is c1ncnc(C2CCCN2)n1. The van der Waals surface area contributed by atoms with Crippen LogP contribution in [0, 0.1) is 0 Å². The Balaban J connectivity index is 2.16. The lowest BCUT2D eigenvalue weighted by Gasteiger charge is -2.05. The van der Waals surface area contributed by atoms with Gasteiger partial charge in [-0.15, -0.1) is 0 Å². The Kier molecular flexibility index (Phi) is 1.77. The van der Waals surface area contributed by atoms with Gasteiger partial charge in [-0.25, -0.2) is 15.0 Å². The Morgan fingerprint density at radius 1 is 1.36 bits per heavy atom. The van der Waals surface area contributed by atoms with Gasteiger partial charge < -0.3 is 5.32 Å². The van der Waals surface area contributed by atoms with E-state index in [-0.39, 0.29) is 0 Å². The standard InChI is InChI=1S/C7H10N4/c1-2-6(9-3-1)7-10-4-8-5-11-7/h4-6,9H,1-3H2. The summed E-state index contributed by atoms with van der Waals surface area (Å²) in [6.07, 6.45) is 5.45. The van der Waals surface area contributed by atoms with Crippen LogP contribution in [0.15, 0.2) is 12.7 Å². The van der Waals surface area contributed by atoms with Gasteiger partial charge in [-0.3, -0.25) is 0 Å². The van der Waals surface area contributed by atoms with Crippen LogP contribution in [-0.4, -0.2) is 21.5 Å². The molecular weight excluding hydrogens is 140 g/mol. The Morgan fingerprint density at radius 3 is 2.82 bits per heavy atom. The summed E-state index contributed by atoms with van der Waals surface area (Å²) in [5, 5.41) is 3.32. The van der Waals surface area contributed by atoms with E-state index >= 15 is 0 Å². The molecule has 1 aliphatic rings. The van der Waals surface area contributed by atoms with Gasteiger partial charge >= 0.3 is 0 Å². The lowest BCUT2D eigenvalue weighted by Crippen LogP contribution is -2.15. The first-order chi connectivity index (χ1) is 5.47. The van der Waals surface area contributed by atoms with Gasteiger partial charge in [0.2, 0.25) is 0 Å². The molecule has 0 aromatic carbocycles. The normalized spacial score (nSPS) is 23.8. The number of rotatable bonds is 1. The third-order valence-corrected chi connectivity index (χ3v) is 1.89. The molecule has 58 valence electrons. The number of hydrogen-bond donors (Lipinski definition) is 1. The first-order valence-corrected chi connectivity index (χ1v) is 3.82. The van der Waals surface area contributed by atoms with Crippen molar-refractivity contribution in [2.24, 2.45) is 0 Å². The maximum atomic E-state index is 4.08. The van der Waals surface area contributed by atoms with Crippen LogP contribution < -0.4 is 5.32 Å². The van der Waals surface area contributed by atoms with Crippen LogP contribution in [0.2, 0.25) is 0 Å². The number of hydrogen-bond acceptors (Lipinski definition) is 4. The Hall–Kier alpha value is -1.03. The fourth-order valence-electron chi connectivity index (χ4n) is 1.33. The molecule has 2 heterocycles. The predicted octanol–water partition coefficient (Wildman–Crippen LogP) is 0.296. The number of nitrogens with zero attached hydrogens (tertiary/aromatic N) is 3. The molecule has 0 bridgehead atoms. The van der Waals surface area contributed by atoms with Crippen LogP contribution in [0.1, 0.15) is 24.7 Å². The van der Waals surface area contributed by atoms with E-state index in [1.165, 1.54) is 6.42 Å². The van der Waals surface area contributed by atoms with E-state index < -0.39 is 0 Å². The van der Waals surface area contributed by atoms with Crippen LogP contribution in [0.25, 0.3) is 0 Å². The molecule has 1 unspecified atom stereocenters. The van der Waals surface area contributed by atoms with Gasteiger partial charge in [0.05, 0.1) is 6.04 Å². The maximum Gasteiger partial charge on any atom is 0.148 e. The van der Waals surface area contributed by atoms with Gasteiger partial charge in [-0.2, -0.15) is 0 Å². The van der Waals surface area contributed by atoms with Crippen LogP contribution in [-0.2, 0) is 0 Å². The van der Waals surface area contributed by atoms with Crippen molar-refractivity contribution in [3.63, 3.8) is 0 Å². The van der Waals surface area contributed by atoms with E-state index in [1.807, 2.05) is 0 Å². The highest BCUT2D eigenvalue weighted by molar-refractivity contribution is 4.94. The second kappa shape index (κ2) is 2.92. The molecule has 11 heavy (non-hydrogen) atoms. The molecular formula is C7H10N4. The molecule has 4 heteroatoms. The number of aromatic nitrogens is 3. The average molecular weight is 150 g/mol. The molecule has 0 spiro atoms. The summed E-state index contributed by atoms with van der Waals surface area (Å²) in [6, 6.07) is 0.359. The van der Waals surface area contributed by atoms with Crippen molar-refractivity contribution in [2.45, 2.75) is 18.9 Å². The molecule has 0 aliphatic carbocycles. The summed E-state index contributed by atoms with van der Waals surface area (Å²) in [5.74, 6) is 0.873. The van der Waals surface area contributed by atoms with E-state index in [1.54, 1.807) is 12.7 Å². The highest BCUT2D eigenvalue weighted by Crippen LogP contribution is 2.17. The van der Waals surface area contributed by atoms with Crippen molar-refractivity contribution >= 4 is 0 Å². The monoisotopic (exact) mass is 150 g/mol. The molecule has 1 aliphatic heterocycles. The number of nitrogens with one attached hydrogen (secondary N) is 1. The largest absolute Gasteiger partial charge is 0.307 e. The highest BCUT2D eigenvalue weighted by atomic mass is 15.1. The minimum Gasteiger partial charge on any atom is -0.307 e. The van der Waals surface area contributed by atoms with E-state index in [2.05, 4.69) is 20.3 Å². The first kappa shape index (κ1) is 6.67. The lowest BCUT2D eigenvalue weighted by atomic mass is 10.2. The predicted molar refractivity (Wildman–Crippen MR) is 39.8 cm³/mol. The summed E-state index contributed by atoms with van der Waals surface area (Å²) in [5.41, 5.74) is 0. The van der Waals surface area contributed by atoms with Crippen molar-refractivity contribution in [3.8, 4) is 0 Å².